The first kappa shape index (κ1) is 13.3. The third kappa shape index (κ3) is 2.75. The molecule has 0 saturated carbocycles. The van der Waals surface area contributed by atoms with Gasteiger partial charge in [0.1, 0.15) is 0 Å². The molecule has 1 aliphatic rings. The van der Waals surface area contributed by atoms with Crippen molar-refractivity contribution in [3.05, 3.63) is 65.0 Å². The highest BCUT2D eigenvalue weighted by molar-refractivity contribution is 5.38. The number of aryl methyl sites for hydroxylation is 2. The first-order chi connectivity index (χ1) is 9.88. The summed E-state index contributed by atoms with van der Waals surface area (Å²) in [5.41, 5.74) is 5.69. The molecule has 0 aliphatic heterocycles. The summed E-state index contributed by atoms with van der Waals surface area (Å²) in [4.78, 5) is 4.26. The van der Waals surface area contributed by atoms with E-state index < -0.39 is 0 Å². The van der Waals surface area contributed by atoms with Crippen molar-refractivity contribution in [3.63, 3.8) is 0 Å². The summed E-state index contributed by atoms with van der Waals surface area (Å²) >= 11 is 0. The largest absolute Gasteiger partial charge is 0.306 e. The molecule has 1 aromatic heterocycles. The van der Waals surface area contributed by atoms with Crippen LogP contribution in [-0.4, -0.2) is 11.5 Å². The van der Waals surface area contributed by atoms with E-state index in [0.717, 1.165) is 6.54 Å². The van der Waals surface area contributed by atoms with Gasteiger partial charge in [-0.05, 0) is 60.5 Å². The molecule has 2 heteroatoms. The summed E-state index contributed by atoms with van der Waals surface area (Å²) in [5.74, 6) is 0. The number of hydrogen-bond acceptors (Lipinski definition) is 2. The second-order valence-corrected chi connectivity index (χ2v) is 5.51. The molecule has 2 aromatic rings. The normalized spacial score (nSPS) is 15.7. The molecule has 2 nitrogen and oxygen atoms in total. The molecular formula is C18H22N2. The van der Waals surface area contributed by atoms with Gasteiger partial charge in [-0.15, -0.1) is 0 Å². The summed E-state index contributed by atoms with van der Waals surface area (Å²) in [6.07, 6.45) is 8.94. The van der Waals surface area contributed by atoms with Crippen LogP contribution in [0.15, 0.2) is 42.7 Å². The van der Waals surface area contributed by atoms with Crippen LogP contribution < -0.4 is 5.32 Å². The van der Waals surface area contributed by atoms with Crippen LogP contribution >= 0.6 is 0 Å². The molecule has 0 spiro atoms. The molecule has 104 valence electrons. The molecule has 1 heterocycles. The number of hydrogen-bond donors (Lipinski definition) is 1. The number of nitrogens with zero attached hydrogens (tertiary/aromatic N) is 1. The zero-order valence-corrected chi connectivity index (χ0v) is 12.1. The first-order valence-electron chi connectivity index (χ1n) is 7.63. The molecule has 1 aromatic carbocycles. The van der Waals surface area contributed by atoms with Gasteiger partial charge in [-0.3, -0.25) is 4.98 Å². The van der Waals surface area contributed by atoms with Crippen LogP contribution in [0.3, 0.4) is 0 Å². The molecule has 3 rings (SSSR count). The Labute approximate surface area is 121 Å². The van der Waals surface area contributed by atoms with Gasteiger partial charge in [0.2, 0.25) is 0 Å². The van der Waals surface area contributed by atoms with Gasteiger partial charge in [0.15, 0.2) is 0 Å². The molecular weight excluding hydrogens is 244 g/mol. The maximum Gasteiger partial charge on any atom is 0.0591 e. The summed E-state index contributed by atoms with van der Waals surface area (Å²) < 4.78 is 0. The second kappa shape index (κ2) is 6.19. The predicted octanol–water partition coefficient (Wildman–Crippen LogP) is 3.66. The van der Waals surface area contributed by atoms with Crippen molar-refractivity contribution in [2.75, 3.05) is 6.54 Å². The number of pyridine rings is 1. The van der Waals surface area contributed by atoms with Crippen LogP contribution in [0.5, 0.6) is 0 Å². The highest BCUT2D eigenvalue weighted by Crippen LogP contribution is 2.27. The van der Waals surface area contributed by atoms with Crippen molar-refractivity contribution in [2.24, 2.45) is 0 Å². The molecule has 1 aliphatic carbocycles. The highest BCUT2D eigenvalue weighted by Gasteiger charge is 2.16. The Balaban J connectivity index is 1.95. The summed E-state index contributed by atoms with van der Waals surface area (Å²) in [5, 5.41) is 3.58. The van der Waals surface area contributed by atoms with Crippen molar-refractivity contribution >= 4 is 0 Å². The van der Waals surface area contributed by atoms with Crippen LogP contribution in [0.25, 0.3) is 0 Å². The van der Waals surface area contributed by atoms with Crippen LogP contribution in [0.2, 0.25) is 0 Å². The van der Waals surface area contributed by atoms with Gasteiger partial charge < -0.3 is 5.32 Å². The van der Waals surface area contributed by atoms with E-state index in [2.05, 4.69) is 41.5 Å². The second-order valence-electron chi connectivity index (χ2n) is 5.51. The number of nitrogens with one attached hydrogen (secondary N) is 1. The van der Waals surface area contributed by atoms with E-state index in [1.807, 2.05) is 18.5 Å². The van der Waals surface area contributed by atoms with Gasteiger partial charge in [0, 0.05) is 12.4 Å². The Kier molecular flexibility index (Phi) is 4.12. The Morgan fingerprint density at radius 3 is 2.70 bits per heavy atom. The van der Waals surface area contributed by atoms with Crippen molar-refractivity contribution in [1.29, 1.82) is 0 Å². The zero-order chi connectivity index (χ0) is 13.8. The lowest BCUT2D eigenvalue weighted by molar-refractivity contribution is 0.623. The quantitative estimate of drug-likeness (QED) is 0.913. The number of aromatic nitrogens is 1. The number of fused-ring (bicyclic) bond motifs is 1. The van der Waals surface area contributed by atoms with Crippen molar-refractivity contribution in [1.82, 2.24) is 10.3 Å². The molecule has 1 N–H and O–H groups in total. The maximum absolute atomic E-state index is 4.26. The van der Waals surface area contributed by atoms with Crippen molar-refractivity contribution in [3.8, 4) is 0 Å². The average molecular weight is 266 g/mol. The SMILES string of the molecule is CCNC(c1cccnc1)c1ccc2c(c1)CCCC2. The molecule has 0 saturated heterocycles. The van der Waals surface area contributed by atoms with Gasteiger partial charge in [-0.1, -0.05) is 31.2 Å². The molecule has 1 unspecified atom stereocenters. The minimum atomic E-state index is 0.251. The van der Waals surface area contributed by atoms with Crippen LogP contribution in [0, 0.1) is 0 Å². The van der Waals surface area contributed by atoms with E-state index in [9.17, 15) is 0 Å². The lowest BCUT2D eigenvalue weighted by Gasteiger charge is -2.22. The standard InChI is InChI=1S/C18H22N2/c1-2-20-18(17-8-5-11-19-13-17)16-10-9-14-6-3-4-7-15(14)12-16/h5,8-13,18,20H,2-4,6-7H2,1H3. The van der Waals surface area contributed by atoms with E-state index in [1.165, 1.54) is 36.8 Å². The average Bonchev–Trinajstić information content (AvgIpc) is 2.53. The lowest BCUT2D eigenvalue weighted by Crippen LogP contribution is -2.22. The molecule has 0 amide bonds. The van der Waals surface area contributed by atoms with Gasteiger partial charge >= 0.3 is 0 Å². The van der Waals surface area contributed by atoms with E-state index >= 15 is 0 Å². The fourth-order valence-corrected chi connectivity index (χ4v) is 3.11. The first-order valence-corrected chi connectivity index (χ1v) is 7.63. The zero-order valence-electron chi connectivity index (χ0n) is 12.1. The van der Waals surface area contributed by atoms with Gasteiger partial charge in [0.05, 0.1) is 6.04 Å². The Bertz CT molecular complexity index is 563. The predicted molar refractivity (Wildman–Crippen MR) is 82.8 cm³/mol. The molecule has 0 fully saturated rings. The molecule has 0 radical (unpaired) electrons. The van der Waals surface area contributed by atoms with E-state index in [1.54, 1.807) is 11.1 Å². The fraction of sp³-hybridized carbons (Fsp3) is 0.389. The smallest absolute Gasteiger partial charge is 0.0591 e. The molecule has 1 atom stereocenters. The minimum Gasteiger partial charge on any atom is -0.306 e. The number of rotatable bonds is 4. The third-order valence-electron chi connectivity index (χ3n) is 4.13. The third-order valence-corrected chi connectivity index (χ3v) is 4.13. The van der Waals surface area contributed by atoms with E-state index in [0.29, 0.717) is 0 Å². The highest BCUT2D eigenvalue weighted by atomic mass is 14.9. The molecule has 0 bridgehead atoms. The van der Waals surface area contributed by atoms with Crippen LogP contribution in [-0.2, 0) is 12.8 Å². The summed E-state index contributed by atoms with van der Waals surface area (Å²) in [6, 6.07) is 11.4. The van der Waals surface area contributed by atoms with Crippen molar-refractivity contribution in [2.45, 2.75) is 38.6 Å². The molecule has 20 heavy (non-hydrogen) atoms. The van der Waals surface area contributed by atoms with Crippen molar-refractivity contribution < 1.29 is 0 Å². The maximum atomic E-state index is 4.26. The van der Waals surface area contributed by atoms with Gasteiger partial charge in [-0.2, -0.15) is 0 Å². The van der Waals surface area contributed by atoms with Gasteiger partial charge in [-0.25, -0.2) is 0 Å². The fourth-order valence-electron chi connectivity index (χ4n) is 3.11. The lowest BCUT2D eigenvalue weighted by atomic mass is 9.88. The monoisotopic (exact) mass is 266 g/mol. The van der Waals surface area contributed by atoms with Gasteiger partial charge in [0.25, 0.3) is 0 Å². The Morgan fingerprint density at radius 2 is 1.95 bits per heavy atom. The van der Waals surface area contributed by atoms with E-state index in [-0.39, 0.29) is 6.04 Å². The summed E-state index contributed by atoms with van der Waals surface area (Å²) in [6.45, 7) is 3.11. The van der Waals surface area contributed by atoms with Crippen LogP contribution in [0.1, 0.15) is 48.1 Å². The van der Waals surface area contributed by atoms with Crippen LogP contribution in [0.4, 0.5) is 0 Å². The minimum absolute atomic E-state index is 0.251. The topological polar surface area (TPSA) is 24.9 Å². The Hall–Kier alpha value is -1.67. The van der Waals surface area contributed by atoms with E-state index in [4.69, 9.17) is 0 Å². The number of benzene rings is 1. The summed E-state index contributed by atoms with van der Waals surface area (Å²) in [7, 11) is 0. The Morgan fingerprint density at radius 1 is 1.10 bits per heavy atom.